The first kappa shape index (κ1) is 16.7. The van der Waals surface area contributed by atoms with Crippen LogP contribution < -0.4 is 0 Å². The Hall–Kier alpha value is -1.75. The first-order chi connectivity index (χ1) is 12.2. The highest BCUT2D eigenvalue weighted by Crippen LogP contribution is 2.37. The Labute approximate surface area is 149 Å². The molecule has 2 saturated heterocycles. The van der Waals surface area contributed by atoms with Crippen LogP contribution in [0.15, 0.2) is 48.8 Å². The van der Waals surface area contributed by atoms with Crippen LogP contribution in [0.2, 0.25) is 0 Å². The first-order valence-corrected chi connectivity index (χ1v) is 9.13. The summed E-state index contributed by atoms with van der Waals surface area (Å²) in [4.78, 5) is 6.56. The molecule has 1 spiro atoms. The Morgan fingerprint density at radius 1 is 1.24 bits per heavy atom. The molecule has 0 N–H and O–H groups in total. The second kappa shape index (κ2) is 7.24. The van der Waals surface area contributed by atoms with Gasteiger partial charge in [0.2, 0.25) is 0 Å². The lowest BCUT2D eigenvalue weighted by Gasteiger charge is -2.23. The van der Waals surface area contributed by atoms with Crippen molar-refractivity contribution in [1.29, 1.82) is 0 Å². The normalized spacial score (nSPS) is 26.5. The molecule has 0 radical (unpaired) electrons. The van der Waals surface area contributed by atoms with Crippen molar-refractivity contribution in [2.75, 3.05) is 19.7 Å². The van der Waals surface area contributed by atoms with Gasteiger partial charge in [-0.05, 0) is 36.6 Å². The quantitative estimate of drug-likeness (QED) is 0.837. The molecule has 1 aromatic carbocycles. The summed E-state index contributed by atoms with van der Waals surface area (Å²) >= 11 is 0. The molecule has 3 heterocycles. The molecule has 4 heteroatoms. The summed E-state index contributed by atoms with van der Waals surface area (Å²) in [5.41, 5.74) is 3.88. The van der Waals surface area contributed by atoms with Gasteiger partial charge in [0.1, 0.15) is 0 Å². The standard InChI is InChI=1S/C21H26N2O2/c1-17-3-2-4-19(11-17)13-23-10-7-21(16-23)12-20(15-25-21)24-14-18-5-8-22-9-6-18/h2-6,8-9,11,20H,7,10,12-16H2,1H3/t20-,21-/m0/s1. The van der Waals surface area contributed by atoms with Gasteiger partial charge in [-0.2, -0.15) is 0 Å². The van der Waals surface area contributed by atoms with Crippen LogP contribution in [0.25, 0.3) is 0 Å². The molecule has 4 nitrogen and oxygen atoms in total. The number of aromatic nitrogens is 1. The molecule has 2 atom stereocenters. The summed E-state index contributed by atoms with van der Waals surface area (Å²) in [6.45, 7) is 6.62. The highest BCUT2D eigenvalue weighted by atomic mass is 16.6. The second-order valence-electron chi connectivity index (χ2n) is 7.44. The van der Waals surface area contributed by atoms with E-state index in [2.05, 4.69) is 41.1 Å². The van der Waals surface area contributed by atoms with E-state index in [4.69, 9.17) is 9.47 Å². The summed E-state index contributed by atoms with van der Waals surface area (Å²) in [6.07, 6.45) is 5.93. The fraction of sp³-hybridized carbons (Fsp3) is 0.476. The molecule has 2 aliphatic heterocycles. The molecule has 25 heavy (non-hydrogen) atoms. The highest BCUT2D eigenvalue weighted by molar-refractivity contribution is 5.22. The molecule has 132 valence electrons. The zero-order valence-electron chi connectivity index (χ0n) is 14.9. The summed E-state index contributed by atoms with van der Waals surface area (Å²) in [5, 5.41) is 0. The minimum absolute atomic E-state index is 0.00721. The van der Waals surface area contributed by atoms with Crippen molar-refractivity contribution in [1.82, 2.24) is 9.88 Å². The molecule has 1 aromatic heterocycles. The van der Waals surface area contributed by atoms with Gasteiger partial charge in [-0.3, -0.25) is 9.88 Å². The Kier molecular flexibility index (Phi) is 4.84. The van der Waals surface area contributed by atoms with Gasteiger partial charge in [-0.1, -0.05) is 29.8 Å². The van der Waals surface area contributed by atoms with E-state index in [-0.39, 0.29) is 11.7 Å². The fourth-order valence-corrected chi connectivity index (χ4v) is 4.02. The van der Waals surface area contributed by atoms with Crippen molar-refractivity contribution in [3.8, 4) is 0 Å². The van der Waals surface area contributed by atoms with Gasteiger partial charge in [0.05, 0.1) is 24.9 Å². The average molecular weight is 338 g/mol. The number of pyridine rings is 1. The van der Waals surface area contributed by atoms with Crippen LogP contribution in [0.1, 0.15) is 29.5 Å². The van der Waals surface area contributed by atoms with E-state index < -0.39 is 0 Å². The van der Waals surface area contributed by atoms with Crippen molar-refractivity contribution in [3.63, 3.8) is 0 Å². The maximum absolute atomic E-state index is 6.22. The van der Waals surface area contributed by atoms with E-state index >= 15 is 0 Å². The third kappa shape index (κ3) is 4.09. The van der Waals surface area contributed by atoms with Crippen molar-refractivity contribution in [2.24, 2.45) is 0 Å². The summed E-state index contributed by atoms with van der Waals surface area (Å²) in [7, 11) is 0. The lowest BCUT2D eigenvalue weighted by molar-refractivity contribution is -0.000429. The molecule has 0 bridgehead atoms. The zero-order valence-corrected chi connectivity index (χ0v) is 14.9. The minimum Gasteiger partial charge on any atom is -0.371 e. The Morgan fingerprint density at radius 3 is 2.96 bits per heavy atom. The number of hydrogen-bond acceptors (Lipinski definition) is 4. The Bertz CT molecular complexity index is 706. The lowest BCUT2D eigenvalue weighted by Crippen LogP contribution is -2.33. The molecule has 2 fully saturated rings. The molecule has 2 aromatic rings. The van der Waals surface area contributed by atoms with E-state index in [1.54, 1.807) is 0 Å². The van der Waals surface area contributed by atoms with Crippen molar-refractivity contribution in [2.45, 2.75) is 44.6 Å². The van der Waals surface area contributed by atoms with Gasteiger partial charge in [0.15, 0.2) is 0 Å². The fourth-order valence-electron chi connectivity index (χ4n) is 4.02. The van der Waals surface area contributed by atoms with E-state index in [0.717, 1.165) is 32.5 Å². The van der Waals surface area contributed by atoms with Crippen molar-refractivity contribution >= 4 is 0 Å². The summed E-state index contributed by atoms with van der Waals surface area (Å²) < 4.78 is 12.3. The van der Waals surface area contributed by atoms with Gasteiger partial charge < -0.3 is 9.47 Å². The van der Waals surface area contributed by atoms with Crippen molar-refractivity contribution < 1.29 is 9.47 Å². The van der Waals surface area contributed by atoms with Crippen LogP contribution in [-0.4, -0.2) is 41.3 Å². The van der Waals surface area contributed by atoms with Gasteiger partial charge in [0, 0.05) is 38.4 Å². The van der Waals surface area contributed by atoms with Crippen molar-refractivity contribution in [3.05, 3.63) is 65.5 Å². The van der Waals surface area contributed by atoms with Crippen LogP contribution in [-0.2, 0) is 22.6 Å². The highest BCUT2D eigenvalue weighted by Gasteiger charge is 2.45. The summed E-state index contributed by atoms with van der Waals surface area (Å²) in [6, 6.07) is 12.8. The third-order valence-corrected chi connectivity index (χ3v) is 5.29. The van der Waals surface area contributed by atoms with Crippen LogP contribution >= 0.6 is 0 Å². The monoisotopic (exact) mass is 338 g/mol. The van der Waals surface area contributed by atoms with E-state index in [1.165, 1.54) is 16.7 Å². The van der Waals surface area contributed by atoms with Crippen LogP contribution in [0, 0.1) is 6.92 Å². The number of ether oxygens (including phenoxy) is 2. The number of hydrogen-bond donors (Lipinski definition) is 0. The number of nitrogens with zero attached hydrogens (tertiary/aromatic N) is 2. The zero-order chi connectivity index (χ0) is 17.1. The van der Waals surface area contributed by atoms with E-state index in [1.807, 2.05) is 24.5 Å². The number of aryl methyl sites for hydroxylation is 1. The summed E-state index contributed by atoms with van der Waals surface area (Å²) in [5.74, 6) is 0. The number of likely N-dealkylation sites (tertiary alicyclic amines) is 1. The van der Waals surface area contributed by atoms with Crippen LogP contribution in [0.5, 0.6) is 0 Å². The maximum Gasteiger partial charge on any atom is 0.0847 e. The number of benzene rings is 1. The molecular weight excluding hydrogens is 312 g/mol. The van der Waals surface area contributed by atoms with Gasteiger partial charge >= 0.3 is 0 Å². The molecular formula is C21H26N2O2. The smallest absolute Gasteiger partial charge is 0.0847 e. The second-order valence-corrected chi connectivity index (χ2v) is 7.44. The predicted molar refractivity (Wildman–Crippen MR) is 97.2 cm³/mol. The molecule has 2 aliphatic rings. The van der Waals surface area contributed by atoms with Gasteiger partial charge in [-0.15, -0.1) is 0 Å². The Morgan fingerprint density at radius 2 is 2.12 bits per heavy atom. The molecule has 4 rings (SSSR count). The van der Waals surface area contributed by atoms with Crippen LogP contribution in [0.4, 0.5) is 0 Å². The molecule has 0 aliphatic carbocycles. The third-order valence-electron chi connectivity index (χ3n) is 5.29. The number of rotatable bonds is 5. The maximum atomic E-state index is 6.22. The Balaban J connectivity index is 1.29. The van der Waals surface area contributed by atoms with Gasteiger partial charge in [-0.25, -0.2) is 0 Å². The minimum atomic E-state index is -0.00721. The molecule has 0 amide bonds. The van der Waals surface area contributed by atoms with Crippen LogP contribution in [0.3, 0.4) is 0 Å². The molecule has 0 saturated carbocycles. The van der Waals surface area contributed by atoms with E-state index in [0.29, 0.717) is 13.2 Å². The largest absolute Gasteiger partial charge is 0.371 e. The first-order valence-electron chi connectivity index (χ1n) is 9.13. The SMILES string of the molecule is Cc1cccc(CN2CC[C@]3(C[C@H](OCc4ccncc4)CO3)C2)c1. The topological polar surface area (TPSA) is 34.6 Å². The lowest BCUT2D eigenvalue weighted by atomic mass is 9.98. The molecule has 0 unspecified atom stereocenters. The average Bonchev–Trinajstić information content (AvgIpc) is 3.21. The van der Waals surface area contributed by atoms with Gasteiger partial charge in [0.25, 0.3) is 0 Å². The predicted octanol–water partition coefficient (Wildman–Crippen LogP) is 3.34. The van der Waals surface area contributed by atoms with E-state index in [9.17, 15) is 0 Å².